The lowest BCUT2D eigenvalue weighted by molar-refractivity contribution is -0.147. The van der Waals surface area contributed by atoms with E-state index in [0.29, 0.717) is 0 Å². The lowest BCUT2D eigenvalue weighted by atomic mass is 10.6. The number of esters is 1. The highest BCUT2D eigenvalue weighted by Crippen LogP contribution is 1.75. The van der Waals surface area contributed by atoms with E-state index in [0.717, 1.165) is 0 Å². The molecular formula is C6H10N2O4. The molecule has 0 aliphatic heterocycles. The highest BCUT2D eigenvalue weighted by atomic mass is 16.5. The van der Waals surface area contributed by atoms with E-state index in [2.05, 4.69) is 10.1 Å². The predicted molar refractivity (Wildman–Crippen MR) is 38.8 cm³/mol. The maximum atomic E-state index is 10.6. The Kier molecular flexibility index (Phi) is 4.43. The van der Waals surface area contributed by atoms with Crippen LogP contribution >= 0.6 is 0 Å². The van der Waals surface area contributed by atoms with Gasteiger partial charge in [0.2, 0.25) is 5.91 Å². The largest absolute Gasteiger partial charge is 0.454 e. The van der Waals surface area contributed by atoms with E-state index in [1.165, 1.54) is 6.92 Å². The Balaban J connectivity index is 3.47. The van der Waals surface area contributed by atoms with Crippen molar-refractivity contribution in [3.63, 3.8) is 0 Å². The molecule has 0 atom stereocenters. The van der Waals surface area contributed by atoms with Gasteiger partial charge in [0.15, 0.2) is 6.61 Å². The minimum atomic E-state index is -0.730. The molecule has 0 unspecified atom stereocenters. The first kappa shape index (κ1) is 10.4. The van der Waals surface area contributed by atoms with Crippen molar-refractivity contribution in [3.05, 3.63) is 0 Å². The van der Waals surface area contributed by atoms with Gasteiger partial charge in [0.1, 0.15) is 6.54 Å². The fourth-order valence-corrected chi connectivity index (χ4v) is 0.399. The summed E-state index contributed by atoms with van der Waals surface area (Å²) in [4.78, 5) is 31.0. The van der Waals surface area contributed by atoms with Crippen LogP contribution in [0.25, 0.3) is 0 Å². The molecule has 0 aromatic heterocycles. The highest BCUT2D eigenvalue weighted by Gasteiger charge is 2.04. The summed E-state index contributed by atoms with van der Waals surface area (Å²) in [5.41, 5.74) is 4.69. The van der Waals surface area contributed by atoms with Crippen LogP contribution in [0.2, 0.25) is 0 Å². The van der Waals surface area contributed by atoms with Gasteiger partial charge in [0, 0.05) is 6.92 Å². The zero-order valence-corrected chi connectivity index (χ0v) is 6.62. The molecule has 0 bridgehead atoms. The van der Waals surface area contributed by atoms with Crippen LogP contribution in [0.3, 0.4) is 0 Å². The van der Waals surface area contributed by atoms with Gasteiger partial charge in [0.25, 0.3) is 5.91 Å². The van der Waals surface area contributed by atoms with Gasteiger partial charge in [-0.2, -0.15) is 0 Å². The number of hydrogen-bond acceptors (Lipinski definition) is 4. The first-order chi connectivity index (χ1) is 5.52. The first-order valence-corrected chi connectivity index (χ1v) is 3.20. The Hall–Kier alpha value is -1.59. The maximum absolute atomic E-state index is 10.6. The van der Waals surface area contributed by atoms with Crippen molar-refractivity contribution in [1.29, 1.82) is 0 Å². The maximum Gasteiger partial charge on any atom is 0.325 e. The van der Waals surface area contributed by atoms with Crippen LogP contribution in [-0.4, -0.2) is 30.9 Å². The van der Waals surface area contributed by atoms with Crippen molar-refractivity contribution in [2.45, 2.75) is 6.92 Å². The summed E-state index contributed by atoms with van der Waals surface area (Å²) in [6.07, 6.45) is 0. The van der Waals surface area contributed by atoms with Crippen LogP contribution in [0, 0.1) is 0 Å². The van der Waals surface area contributed by atoms with Crippen LogP contribution in [0.5, 0.6) is 0 Å². The Bertz CT molecular complexity index is 182. The molecule has 12 heavy (non-hydrogen) atoms. The van der Waals surface area contributed by atoms with Crippen molar-refractivity contribution in [3.8, 4) is 0 Å². The average molecular weight is 174 g/mol. The number of nitrogens with one attached hydrogen (secondary N) is 1. The number of carbonyl (C=O) groups excluding carboxylic acids is 3. The van der Waals surface area contributed by atoms with Crippen molar-refractivity contribution < 1.29 is 19.1 Å². The zero-order chi connectivity index (χ0) is 9.56. The minimum absolute atomic E-state index is 0.247. The van der Waals surface area contributed by atoms with E-state index < -0.39 is 18.5 Å². The third kappa shape index (κ3) is 6.53. The molecule has 0 rings (SSSR count). The molecule has 0 spiro atoms. The fraction of sp³-hybridized carbons (Fsp3) is 0.500. The number of primary amides is 1. The SMILES string of the molecule is CC(=O)NCC(=O)OCC(N)=O. The predicted octanol–water partition coefficient (Wildman–Crippen LogP) is -1.85. The third-order valence-electron chi connectivity index (χ3n) is 0.857. The molecule has 0 radical (unpaired) electrons. The van der Waals surface area contributed by atoms with Crippen LogP contribution in [0.4, 0.5) is 0 Å². The quantitative estimate of drug-likeness (QED) is 0.489. The molecule has 0 aromatic carbocycles. The van der Waals surface area contributed by atoms with Gasteiger partial charge >= 0.3 is 5.97 Å². The van der Waals surface area contributed by atoms with E-state index in [9.17, 15) is 14.4 Å². The number of rotatable bonds is 4. The molecule has 0 fully saturated rings. The number of ether oxygens (including phenoxy) is 1. The van der Waals surface area contributed by atoms with Crippen molar-refractivity contribution >= 4 is 17.8 Å². The summed E-state index contributed by atoms with van der Waals surface area (Å²) in [6, 6.07) is 0. The van der Waals surface area contributed by atoms with E-state index >= 15 is 0 Å². The minimum Gasteiger partial charge on any atom is -0.454 e. The normalized spacial score (nSPS) is 8.75. The molecule has 0 aromatic rings. The Labute approximate surface area is 69.1 Å². The lowest BCUT2D eigenvalue weighted by Crippen LogP contribution is -2.30. The van der Waals surface area contributed by atoms with Crippen LogP contribution in [0.1, 0.15) is 6.92 Å². The summed E-state index contributed by atoms with van der Waals surface area (Å²) in [6.45, 7) is 0.558. The summed E-state index contributed by atoms with van der Waals surface area (Å²) >= 11 is 0. The topological polar surface area (TPSA) is 98.5 Å². The van der Waals surface area contributed by atoms with Crippen molar-refractivity contribution in [1.82, 2.24) is 5.32 Å². The summed E-state index contributed by atoms with van der Waals surface area (Å²) in [5.74, 6) is -1.76. The average Bonchev–Trinajstić information content (AvgIpc) is 1.96. The fourth-order valence-electron chi connectivity index (χ4n) is 0.399. The molecule has 6 heteroatoms. The Morgan fingerprint density at radius 1 is 1.42 bits per heavy atom. The van der Waals surface area contributed by atoms with Gasteiger partial charge in [-0.25, -0.2) is 0 Å². The number of amides is 2. The molecule has 3 N–H and O–H groups in total. The van der Waals surface area contributed by atoms with Crippen molar-refractivity contribution in [2.75, 3.05) is 13.2 Å². The Morgan fingerprint density at radius 2 is 2.00 bits per heavy atom. The third-order valence-corrected chi connectivity index (χ3v) is 0.857. The van der Waals surface area contributed by atoms with Crippen molar-refractivity contribution in [2.24, 2.45) is 5.73 Å². The van der Waals surface area contributed by atoms with E-state index in [-0.39, 0.29) is 12.5 Å². The second-order valence-corrected chi connectivity index (χ2v) is 2.04. The van der Waals surface area contributed by atoms with Gasteiger partial charge in [-0.3, -0.25) is 14.4 Å². The molecular weight excluding hydrogens is 164 g/mol. The molecule has 68 valence electrons. The van der Waals surface area contributed by atoms with Gasteiger partial charge in [-0.05, 0) is 0 Å². The van der Waals surface area contributed by atoms with Crippen LogP contribution in [-0.2, 0) is 19.1 Å². The molecule has 0 aliphatic rings. The van der Waals surface area contributed by atoms with Gasteiger partial charge in [-0.15, -0.1) is 0 Å². The Morgan fingerprint density at radius 3 is 2.42 bits per heavy atom. The lowest BCUT2D eigenvalue weighted by Gasteiger charge is -2.01. The summed E-state index contributed by atoms with van der Waals surface area (Å²) in [5, 5.41) is 2.20. The summed E-state index contributed by atoms with van der Waals surface area (Å²) < 4.78 is 4.33. The molecule has 0 aliphatic carbocycles. The molecule has 6 nitrogen and oxygen atoms in total. The first-order valence-electron chi connectivity index (χ1n) is 3.20. The van der Waals surface area contributed by atoms with E-state index in [4.69, 9.17) is 5.73 Å². The smallest absolute Gasteiger partial charge is 0.325 e. The molecule has 0 saturated carbocycles. The number of hydrogen-bond donors (Lipinski definition) is 2. The highest BCUT2D eigenvalue weighted by molar-refractivity contribution is 5.82. The molecule has 0 heterocycles. The van der Waals surface area contributed by atoms with Gasteiger partial charge < -0.3 is 15.8 Å². The number of nitrogens with two attached hydrogens (primary N) is 1. The summed E-state index contributed by atoms with van der Waals surface area (Å²) in [7, 11) is 0. The standard InChI is InChI=1S/C6H10N2O4/c1-4(9)8-2-6(11)12-3-5(7)10/h2-3H2,1H3,(H2,7,10)(H,8,9). The van der Waals surface area contributed by atoms with Gasteiger partial charge in [-0.1, -0.05) is 0 Å². The van der Waals surface area contributed by atoms with E-state index in [1.54, 1.807) is 0 Å². The second-order valence-electron chi connectivity index (χ2n) is 2.04. The second kappa shape index (κ2) is 5.11. The molecule has 2 amide bonds. The van der Waals surface area contributed by atoms with Gasteiger partial charge in [0.05, 0.1) is 0 Å². The van der Waals surface area contributed by atoms with E-state index in [1.807, 2.05) is 0 Å². The van der Waals surface area contributed by atoms with Crippen LogP contribution < -0.4 is 11.1 Å². The van der Waals surface area contributed by atoms with Crippen LogP contribution in [0.15, 0.2) is 0 Å². The zero-order valence-electron chi connectivity index (χ0n) is 6.62. The number of carbonyl (C=O) groups is 3. The molecule has 0 saturated heterocycles. The monoisotopic (exact) mass is 174 g/mol.